The van der Waals surface area contributed by atoms with E-state index in [0.717, 1.165) is 0 Å². The maximum Gasteiger partial charge on any atom is 0.0381 e. The van der Waals surface area contributed by atoms with E-state index in [-0.39, 0.29) is 5.38 Å². The Bertz CT molecular complexity index is 227. The molecule has 2 unspecified atom stereocenters. The van der Waals surface area contributed by atoms with E-state index in [1.165, 1.54) is 9.75 Å². The third-order valence-corrected chi connectivity index (χ3v) is 3.48. The van der Waals surface area contributed by atoms with Crippen molar-refractivity contribution in [3.05, 3.63) is 21.9 Å². The van der Waals surface area contributed by atoms with Crippen LogP contribution in [0.4, 0.5) is 0 Å². The summed E-state index contributed by atoms with van der Waals surface area (Å²) in [7, 11) is 0. The topological polar surface area (TPSA) is 0 Å². The Morgan fingerprint density at radius 2 is 2.00 bits per heavy atom. The Morgan fingerprint density at radius 3 is 2.36 bits per heavy atom. The summed E-state index contributed by atoms with van der Waals surface area (Å²) < 4.78 is 0. The van der Waals surface area contributed by atoms with Gasteiger partial charge in [-0.15, -0.1) is 22.9 Å². The molecule has 0 aliphatic rings. The van der Waals surface area contributed by atoms with E-state index in [9.17, 15) is 0 Å². The standard InChI is InChI=1S/C9H13ClS/c1-6-4-5-9(11-6)7(2)8(3)10/h4-5,7-8H,1-3H3. The minimum absolute atomic E-state index is 0.230. The minimum atomic E-state index is 0.230. The maximum absolute atomic E-state index is 5.98. The summed E-state index contributed by atoms with van der Waals surface area (Å²) in [6.07, 6.45) is 0. The Balaban J connectivity index is 2.76. The fourth-order valence-electron chi connectivity index (χ4n) is 0.925. The zero-order valence-electron chi connectivity index (χ0n) is 7.10. The van der Waals surface area contributed by atoms with Crippen LogP contribution < -0.4 is 0 Å². The van der Waals surface area contributed by atoms with Crippen molar-refractivity contribution >= 4 is 22.9 Å². The lowest BCUT2D eigenvalue weighted by Gasteiger charge is -2.10. The van der Waals surface area contributed by atoms with Crippen LogP contribution in [0.2, 0.25) is 0 Å². The number of hydrogen-bond donors (Lipinski definition) is 0. The van der Waals surface area contributed by atoms with Gasteiger partial charge in [-0.3, -0.25) is 0 Å². The molecule has 1 aromatic heterocycles. The van der Waals surface area contributed by atoms with Crippen LogP contribution in [-0.4, -0.2) is 5.38 Å². The first-order valence-electron chi connectivity index (χ1n) is 3.81. The molecule has 1 heterocycles. The summed E-state index contributed by atoms with van der Waals surface area (Å²) in [6.45, 7) is 6.34. The highest BCUT2D eigenvalue weighted by Crippen LogP contribution is 2.28. The van der Waals surface area contributed by atoms with Gasteiger partial charge in [0.05, 0.1) is 0 Å². The summed E-state index contributed by atoms with van der Waals surface area (Å²) >= 11 is 7.82. The van der Waals surface area contributed by atoms with Crippen molar-refractivity contribution in [1.82, 2.24) is 0 Å². The van der Waals surface area contributed by atoms with Gasteiger partial charge in [-0.05, 0) is 26.0 Å². The summed E-state index contributed by atoms with van der Waals surface area (Å²) in [5.74, 6) is 0.482. The van der Waals surface area contributed by atoms with Crippen LogP contribution in [0.1, 0.15) is 29.5 Å². The molecule has 0 saturated carbocycles. The first-order valence-corrected chi connectivity index (χ1v) is 5.07. The Morgan fingerprint density at radius 1 is 1.36 bits per heavy atom. The number of alkyl halides is 1. The van der Waals surface area contributed by atoms with Crippen LogP contribution in [0.15, 0.2) is 12.1 Å². The van der Waals surface area contributed by atoms with E-state index >= 15 is 0 Å². The van der Waals surface area contributed by atoms with E-state index < -0.39 is 0 Å². The zero-order valence-corrected chi connectivity index (χ0v) is 8.67. The molecule has 0 aliphatic carbocycles. The molecule has 62 valence electrons. The molecular formula is C9H13ClS. The van der Waals surface area contributed by atoms with Crippen LogP contribution in [0.25, 0.3) is 0 Å². The lowest BCUT2D eigenvalue weighted by Crippen LogP contribution is -2.02. The average Bonchev–Trinajstić information content (AvgIpc) is 2.34. The van der Waals surface area contributed by atoms with E-state index in [2.05, 4.69) is 26.0 Å². The predicted molar refractivity (Wildman–Crippen MR) is 52.8 cm³/mol. The zero-order chi connectivity index (χ0) is 8.43. The molecule has 0 radical (unpaired) electrons. The number of halogens is 1. The van der Waals surface area contributed by atoms with Gasteiger partial charge in [0.15, 0.2) is 0 Å². The molecule has 0 saturated heterocycles. The van der Waals surface area contributed by atoms with Crippen LogP contribution in [0.5, 0.6) is 0 Å². The van der Waals surface area contributed by atoms with E-state index in [4.69, 9.17) is 11.6 Å². The van der Waals surface area contributed by atoms with Crippen LogP contribution >= 0.6 is 22.9 Å². The number of rotatable bonds is 2. The van der Waals surface area contributed by atoms with E-state index in [0.29, 0.717) is 5.92 Å². The Kier molecular flexibility index (Phi) is 2.97. The highest BCUT2D eigenvalue weighted by atomic mass is 35.5. The molecule has 0 aromatic carbocycles. The third-order valence-electron chi connectivity index (χ3n) is 1.90. The second-order valence-electron chi connectivity index (χ2n) is 2.91. The molecule has 0 spiro atoms. The van der Waals surface area contributed by atoms with Gasteiger partial charge < -0.3 is 0 Å². The highest BCUT2D eigenvalue weighted by Gasteiger charge is 2.12. The van der Waals surface area contributed by atoms with Crippen molar-refractivity contribution in [3.8, 4) is 0 Å². The molecule has 0 bridgehead atoms. The van der Waals surface area contributed by atoms with Crippen molar-refractivity contribution < 1.29 is 0 Å². The van der Waals surface area contributed by atoms with Gasteiger partial charge in [-0.2, -0.15) is 0 Å². The van der Waals surface area contributed by atoms with Gasteiger partial charge in [0.2, 0.25) is 0 Å². The van der Waals surface area contributed by atoms with Crippen molar-refractivity contribution in [2.24, 2.45) is 0 Å². The van der Waals surface area contributed by atoms with Gasteiger partial charge in [0.25, 0.3) is 0 Å². The monoisotopic (exact) mass is 188 g/mol. The number of hydrogen-bond acceptors (Lipinski definition) is 1. The molecular weight excluding hydrogens is 176 g/mol. The van der Waals surface area contributed by atoms with Gasteiger partial charge in [-0.25, -0.2) is 0 Å². The second kappa shape index (κ2) is 3.59. The van der Waals surface area contributed by atoms with Gasteiger partial charge in [-0.1, -0.05) is 6.92 Å². The smallest absolute Gasteiger partial charge is 0.0381 e. The molecule has 2 atom stereocenters. The number of thiophene rings is 1. The highest BCUT2D eigenvalue weighted by molar-refractivity contribution is 7.12. The van der Waals surface area contributed by atoms with Crippen molar-refractivity contribution in [1.29, 1.82) is 0 Å². The van der Waals surface area contributed by atoms with Gasteiger partial charge in [0, 0.05) is 21.0 Å². The Hall–Kier alpha value is -0.0100. The summed E-state index contributed by atoms with van der Waals surface area (Å²) in [5, 5.41) is 0.230. The largest absolute Gasteiger partial charge is 0.145 e. The molecule has 2 heteroatoms. The van der Waals surface area contributed by atoms with Crippen LogP contribution in [0, 0.1) is 6.92 Å². The van der Waals surface area contributed by atoms with E-state index in [1.54, 1.807) is 0 Å². The van der Waals surface area contributed by atoms with Gasteiger partial charge >= 0.3 is 0 Å². The van der Waals surface area contributed by atoms with Gasteiger partial charge in [0.1, 0.15) is 0 Å². The second-order valence-corrected chi connectivity index (χ2v) is 4.92. The molecule has 0 N–H and O–H groups in total. The maximum atomic E-state index is 5.98. The minimum Gasteiger partial charge on any atom is -0.145 e. The van der Waals surface area contributed by atoms with Crippen LogP contribution in [-0.2, 0) is 0 Å². The first kappa shape index (κ1) is 9.08. The average molecular weight is 189 g/mol. The molecule has 0 nitrogen and oxygen atoms in total. The molecule has 1 aromatic rings. The van der Waals surface area contributed by atoms with Crippen molar-refractivity contribution in [2.75, 3.05) is 0 Å². The third kappa shape index (κ3) is 2.21. The molecule has 11 heavy (non-hydrogen) atoms. The quantitative estimate of drug-likeness (QED) is 0.620. The van der Waals surface area contributed by atoms with Crippen molar-refractivity contribution in [3.63, 3.8) is 0 Å². The fourth-order valence-corrected chi connectivity index (χ4v) is 2.17. The van der Waals surface area contributed by atoms with Crippen LogP contribution in [0.3, 0.4) is 0 Å². The Labute approximate surface area is 77.2 Å². The molecule has 0 amide bonds. The summed E-state index contributed by atoms with van der Waals surface area (Å²) in [6, 6.07) is 4.32. The SMILES string of the molecule is Cc1ccc(C(C)C(C)Cl)s1. The molecule has 1 rings (SSSR count). The molecule has 0 fully saturated rings. The van der Waals surface area contributed by atoms with Crippen molar-refractivity contribution in [2.45, 2.75) is 32.1 Å². The normalized spacial score (nSPS) is 16.4. The molecule has 0 aliphatic heterocycles. The lowest BCUT2D eigenvalue weighted by atomic mass is 10.1. The predicted octanol–water partition coefficient (Wildman–Crippen LogP) is 3.79. The first-order chi connectivity index (χ1) is 5.11. The lowest BCUT2D eigenvalue weighted by molar-refractivity contribution is 0.757. The summed E-state index contributed by atoms with van der Waals surface area (Å²) in [5.41, 5.74) is 0. The number of aryl methyl sites for hydroxylation is 1. The fraction of sp³-hybridized carbons (Fsp3) is 0.556. The summed E-state index contributed by atoms with van der Waals surface area (Å²) in [4.78, 5) is 2.76. The van der Waals surface area contributed by atoms with E-state index in [1.807, 2.05) is 18.3 Å².